The second-order valence-corrected chi connectivity index (χ2v) is 4.29. The van der Waals surface area contributed by atoms with Crippen molar-refractivity contribution in [3.05, 3.63) is 57.1 Å². The Hall–Kier alpha value is -2.60. The van der Waals surface area contributed by atoms with Gasteiger partial charge in [-0.25, -0.2) is 0 Å². The number of ether oxygens (including phenoxy) is 1. The number of hydrogen-bond donors (Lipinski definition) is 1. The summed E-state index contributed by atoms with van der Waals surface area (Å²) in [7, 11) is 0. The van der Waals surface area contributed by atoms with Crippen molar-refractivity contribution < 1.29 is 14.5 Å². The van der Waals surface area contributed by atoms with Crippen molar-refractivity contribution in [1.29, 1.82) is 0 Å². The SMILES string of the molecule is Nc1ccc(Oc2ccc(C=O)cc2Cl)cc1[N+](=O)[O-]. The van der Waals surface area contributed by atoms with Crippen LogP contribution in [0.4, 0.5) is 11.4 Å². The van der Waals surface area contributed by atoms with E-state index < -0.39 is 4.92 Å². The summed E-state index contributed by atoms with van der Waals surface area (Å²) in [5.74, 6) is 0.517. The van der Waals surface area contributed by atoms with Crippen molar-refractivity contribution >= 4 is 29.3 Å². The fraction of sp³-hybridized carbons (Fsp3) is 0. The van der Waals surface area contributed by atoms with Crippen LogP contribution >= 0.6 is 11.6 Å². The second kappa shape index (κ2) is 5.58. The molecule has 0 aliphatic rings. The summed E-state index contributed by atoms with van der Waals surface area (Å²) in [5.41, 5.74) is 5.70. The van der Waals surface area contributed by atoms with E-state index in [0.29, 0.717) is 11.8 Å². The summed E-state index contributed by atoms with van der Waals surface area (Å²) in [6.45, 7) is 0. The van der Waals surface area contributed by atoms with Crippen LogP contribution in [0.2, 0.25) is 5.02 Å². The van der Waals surface area contributed by atoms with Gasteiger partial charge in [0.15, 0.2) is 0 Å². The fourth-order valence-electron chi connectivity index (χ4n) is 1.55. The lowest BCUT2D eigenvalue weighted by molar-refractivity contribution is -0.384. The Morgan fingerprint density at radius 3 is 2.60 bits per heavy atom. The molecule has 2 aromatic carbocycles. The normalized spacial score (nSPS) is 10.1. The Bertz CT molecular complexity index is 688. The van der Waals surface area contributed by atoms with Crippen molar-refractivity contribution in [3.63, 3.8) is 0 Å². The molecular weight excluding hydrogens is 284 g/mol. The van der Waals surface area contributed by atoms with E-state index in [9.17, 15) is 14.9 Å². The van der Waals surface area contributed by atoms with Crippen LogP contribution in [0.15, 0.2) is 36.4 Å². The fourth-order valence-corrected chi connectivity index (χ4v) is 1.77. The molecule has 7 heteroatoms. The molecule has 6 nitrogen and oxygen atoms in total. The number of nitro benzene ring substituents is 1. The lowest BCUT2D eigenvalue weighted by atomic mass is 10.2. The predicted octanol–water partition coefficient (Wildman–Crippen LogP) is 3.44. The van der Waals surface area contributed by atoms with Gasteiger partial charge < -0.3 is 10.5 Å². The molecular formula is C13H9ClN2O4. The number of nitro groups is 1. The molecule has 0 aromatic heterocycles. The highest BCUT2D eigenvalue weighted by molar-refractivity contribution is 6.32. The first kappa shape index (κ1) is 13.8. The van der Waals surface area contributed by atoms with Gasteiger partial charge in [-0.1, -0.05) is 11.6 Å². The third-order valence-corrected chi connectivity index (χ3v) is 2.81. The van der Waals surface area contributed by atoms with E-state index in [-0.39, 0.29) is 27.9 Å². The predicted molar refractivity (Wildman–Crippen MR) is 74.4 cm³/mol. The third kappa shape index (κ3) is 2.86. The average Bonchev–Trinajstić information content (AvgIpc) is 2.42. The lowest BCUT2D eigenvalue weighted by Gasteiger charge is -2.08. The third-order valence-electron chi connectivity index (χ3n) is 2.52. The van der Waals surface area contributed by atoms with Crippen LogP contribution in [0.3, 0.4) is 0 Å². The summed E-state index contributed by atoms with van der Waals surface area (Å²) in [5, 5.41) is 11.0. The van der Waals surface area contributed by atoms with Crippen molar-refractivity contribution in [3.8, 4) is 11.5 Å². The number of anilines is 1. The molecule has 0 radical (unpaired) electrons. The number of nitrogens with zero attached hydrogens (tertiary/aromatic N) is 1. The van der Waals surface area contributed by atoms with E-state index in [4.69, 9.17) is 22.1 Å². The minimum atomic E-state index is -0.598. The number of nitrogen functional groups attached to an aromatic ring is 1. The number of rotatable bonds is 4. The number of benzene rings is 2. The highest BCUT2D eigenvalue weighted by atomic mass is 35.5. The number of hydrogen-bond acceptors (Lipinski definition) is 5. The van der Waals surface area contributed by atoms with Gasteiger partial charge in [0.25, 0.3) is 5.69 Å². The Balaban J connectivity index is 2.33. The number of nitrogens with two attached hydrogens (primary N) is 1. The minimum Gasteiger partial charge on any atom is -0.456 e. The summed E-state index contributed by atoms with van der Waals surface area (Å²) in [6.07, 6.45) is 0.656. The van der Waals surface area contributed by atoms with E-state index in [1.165, 1.54) is 36.4 Å². The highest BCUT2D eigenvalue weighted by Gasteiger charge is 2.13. The molecule has 0 unspecified atom stereocenters. The van der Waals surface area contributed by atoms with Crippen molar-refractivity contribution in [2.75, 3.05) is 5.73 Å². The summed E-state index contributed by atoms with van der Waals surface area (Å²) >= 11 is 5.95. The van der Waals surface area contributed by atoms with E-state index in [1.54, 1.807) is 0 Å². The molecule has 0 heterocycles. The van der Waals surface area contributed by atoms with Gasteiger partial charge in [-0.15, -0.1) is 0 Å². The Labute approximate surface area is 118 Å². The van der Waals surface area contributed by atoms with Crippen LogP contribution in [0, 0.1) is 10.1 Å². The molecule has 0 atom stereocenters. The van der Waals surface area contributed by atoms with Gasteiger partial charge >= 0.3 is 0 Å². The Morgan fingerprint density at radius 1 is 1.25 bits per heavy atom. The number of halogens is 1. The highest BCUT2D eigenvalue weighted by Crippen LogP contribution is 2.33. The van der Waals surface area contributed by atoms with E-state index in [2.05, 4.69) is 0 Å². The standard InChI is InChI=1S/C13H9ClN2O4/c14-10-5-8(7-17)1-4-13(10)20-9-2-3-11(15)12(6-9)16(18)19/h1-7H,15H2. The maximum atomic E-state index is 10.8. The van der Waals surface area contributed by atoms with Gasteiger partial charge in [-0.2, -0.15) is 0 Å². The van der Waals surface area contributed by atoms with Crippen molar-refractivity contribution in [2.24, 2.45) is 0 Å². The van der Waals surface area contributed by atoms with Gasteiger partial charge in [-0.3, -0.25) is 14.9 Å². The topological polar surface area (TPSA) is 95.5 Å². The number of aldehydes is 1. The quantitative estimate of drug-likeness (QED) is 0.403. The van der Waals surface area contributed by atoms with E-state index >= 15 is 0 Å². The second-order valence-electron chi connectivity index (χ2n) is 3.89. The zero-order valence-electron chi connectivity index (χ0n) is 10.1. The van der Waals surface area contributed by atoms with Crippen LogP contribution in [-0.4, -0.2) is 11.2 Å². The van der Waals surface area contributed by atoms with Gasteiger partial charge in [-0.05, 0) is 30.3 Å². The molecule has 0 saturated carbocycles. The molecule has 0 fully saturated rings. The largest absolute Gasteiger partial charge is 0.456 e. The van der Waals surface area contributed by atoms with Gasteiger partial charge in [0.2, 0.25) is 0 Å². The molecule has 2 N–H and O–H groups in total. The molecule has 0 amide bonds. The first-order valence-corrected chi connectivity index (χ1v) is 5.85. The van der Waals surface area contributed by atoms with Crippen molar-refractivity contribution in [1.82, 2.24) is 0 Å². The maximum absolute atomic E-state index is 10.8. The smallest absolute Gasteiger partial charge is 0.295 e. The van der Waals surface area contributed by atoms with Crippen LogP contribution < -0.4 is 10.5 Å². The molecule has 2 rings (SSSR count). The molecule has 0 aliphatic heterocycles. The monoisotopic (exact) mass is 292 g/mol. The Morgan fingerprint density at radius 2 is 2.00 bits per heavy atom. The van der Waals surface area contributed by atoms with Gasteiger partial charge in [0, 0.05) is 5.56 Å². The first-order valence-electron chi connectivity index (χ1n) is 5.48. The van der Waals surface area contributed by atoms with Crippen LogP contribution in [0.25, 0.3) is 0 Å². The minimum absolute atomic E-state index is 0.0461. The maximum Gasteiger partial charge on any atom is 0.295 e. The van der Waals surface area contributed by atoms with Crippen LogP contribution in [0.5, 0.6) is 11.5 Å². The molecule has 102 valence electrons. The number of carbonyl (C=O) groups excluding carboxylic acids is 1. The van der Waals surface area contributed by atoms with E-state index in [1.807, 2.05) is 0 Å². The summed E-state index contributed by atoms with van der Waals surface area (Å²) in [6, 6.07) is 8.55. The molecule has 0 saturated heterocycles. The first-order chi connectivity index (χ1) is 9.51. The zero-order chi connectivity index (χ0) is 14.7. The van der Waals surface area contributed by atoms with Crippen molar-refractivity contribution in [2.45, 2.75) is 0 Å². The van der Waals surface area contributed by atoms with Crippen LogP contribution in [0.1, 0.15) is 10.4 Å². The average molecular weight is 293 g/mol. The molecule has 0 aliphatic carbocycles. The van der Waals surface area contributed by atoms with Gasteiger partial charge in [0.1, 0.15) is 23.5 Å². The Kier molecular flexibility index (Phi) is 3.86. The van der Waals surface area contributed by atoms with Crippen LogP contribution in [-0.2, 0) is 0 Å². The summed E-state index contributed by atoms with van der Waals surface area (Å²) < 4.78 is 5.45. The molecule has 20 heavy (non-hydrogen) atoms. The lowest BCUT2D eigenvalue weighted by Crippen LogP contribution is -1.96. The zero-order valence-corrected chi connectivity index (χ0v) is 10.8. The number of carbonyl (C=O) groups is 1. The summed E-state index contributed by atoms with van der Waals surface area (Å²) in [4.78, 5) is 20.8. The van der Waals surface area contributed by atoms with E-state index in [0.717, 1.165) is 0 Å². The molecule has 0 bridgehead atoms. The molecule has 2 aromatic rings. The van der Waals surface area contributed by atoms with Gasteiger partial charge in [0.05, 0.1) is 16.0 Å². The molecule has 0 spiro atoms.